The summed E-state index contributed by atoms with van der Waals surface area (Å²) in [7, 11) is 0. The highest BCUT2D eigenvalue weighted by molar-refractivity contribution is 5.04. The first kappa shape index (κ1) is 15.2. The molecule has 1 saturated heterocycles. The van der Waals surface area contributed by atoms with Gasteiger partial charge in [0.2, 0.25) is 0 Å². The largest absolute Gasteiger partial charge is 0.396 e. The van der Waals surface area contributed by atoms with Gasteiger partial charge in [-0.3, -0.25) is 0 Å². The van der Waals surface area contributed by atoms with Crippen LogP contribution in [0.2, 0.25) is 0 Å². The predicted molar refractivity (Wildman–Crippen MR) is 75.1 cm³/mol. The van der Waals surface area contributed by atoms with E-state index >= 15 is 0 Å². The lowest BCUT2D eigenvalue weighted by atomic mass is 9.64. The third-order valence-electron chi connectivity index (χ3n) is 4.68. The summed E-state index contributed by atoms with van der Waals surface area (Å²) in [5.74, 6) is 0.590. The van der Waals surface area contributed by atoms with Gasteiger partial charge in [-0.05, 0) is 12.3 Å². The fourth-order valence-electron chi connectivity index (χ4n) is 2.80. The van der Waals surface area contributed by atoms with E-state index in [9.17, 15) is 5.11 Å². The molecule has 2 unspecified atom stereocenters. The van der Waals surface area contributed by atoms with Crippen LogP contribution in [0.15, 0.2) is 0 Å². The van der Waals surface area contributed by atoms with E-state index in [1.54, 1.807) is 0 Å². The molecule has 0 aromatic heterocycles. The number of aliphatic hydroxyl groups excluding tert-OH is 1. The molecule has 0 aromatic rings. The van der Waals surface area contributed by atoms with Crippen molar-refractivity contribution in [2.45, 2.75) is 46.3 Å². The average Bonchev–Trinajstić information content (AvgIpc) is 2.29. The lowest BCUT2D eigenvalue weighted by Crippen LogP contribution is -2.64. The van der Waals surface area contributed by atoms with Crippen molar-refractivity contribution >= 4 is 0 Å². The summed E-state index contributed by atoms with van der Waals surface area (Å²) in [6.45, 7) is 12.1. The van der Waals surface area contributed by atoms with E-state index in [1.807, 2.05) is 0 Å². The second kappa shape index (κ2) is 5.68. The van der Waals surface area contributed by atoms with Gasteiger partial charge in [0.1, 0.15) is 0 Å². The first-order valence-electron chi connectivity index (χ1n) is 7.43. The van der Waals surface area contributed by atoms with E-state index in [1.165, 1.54) is 0 Å². The normalized spacial score (nSPS) is 31.9. The number of aliphatic hydroxyl groups is 1. The van der Waals surface area contributed by atoms with Crippen molar-refractivity contribution in [1.82, 2.24) is 5.32 Å². The van der Waals surface area contributed by atoms with Gasteiger partial charge in [-0.25, -0.2) is 0 Å². The zero-order valence-electron chi connectivity index (χ0n) is 12.7. The number of ether oxygens (including phenoxy) is 2. The number of hydrogen-bond donors (Lipinski definition) is 2. The minimum absolute atomic E-state index is 0.0417. The minimum atomic E-state index is -0.0417. The van der Waals surface area contributed by atoms with E-state index in [2.05, 4.69) is 33.0 Å². The van der Waals surface area contributed by atoms with Gasteiger partial charge in [0, 0.05) is 24.6 Å². The van der Waals surface area contributed by atoms with Gasteiger partial charge in [-0.15, -0.1) is 0 Å². The van der Waals surface area contributed by atoms with E-state index < -0.39 is 0 Å². The van der Waals surface area contributed by atoms with Crippen LogP contribution >= 0.6 is 0 Å². The molecule has 2 rings (SSSR count). The SMILES string of the molecule is CC(C)COC1CC(NCC2(CO)COC2)C1(C)C. The molecule has 2 aliphatic rings. The Morgan fingerprint density at radius 3 is 2.47 bits per heavy atom. The summed E-state index contributed by atoms with van der Waals surface area (Å²) in [5.41, 5.74) is 0.135. The lowest BCUT2D eigenvalue weighted by Gasteiger charge is -2.53. The molecule has 1 saturated carbocycles. The van der Waals surface area contributed by atoms with Gasteiger partial charge in [-0.1, -0.05) is 27.7 Å². The maximum atomic E-state index is 9.42. The lowest BCUT2D eigenvalue weighted by molar-refractivity contribution is -0.152. The van der Waals surface area contributed by atoms with Gasteiger partial charge < -0.3 is 19.9 Å². The molecule has 0 spiro atoms. The molecule has 0 aromatic carbocycles. The van der Waals surface area contributed by atoms with Crippen molar-refractivity contribution in [1.29, 1.82) is 0 Å². The predicted octanol–water partition coefficient (Wildman–Crippen LogP) is 1.42. The third kappa shape index (κ3) is 3.13. The van der Waals surface area contributed by atoms with Crippen LogP contribution in [-0.4, -0.2) is 50.2 Å². The van der Waals surface area contributed by atoms with Crippen LogP contribution in [-0.2, 0) is 9.47 Å². The molecule has 0 bridgehead atoms. The topological polar surface area (TPSA) is 50.7 Å². The molecular formula is C15H29NO3. The van der Waals surface area contributed by atoms with Crippen LogP contribution in [0.3, 0.4) is 0 Å². The fraction of sp³-hybridized carbons (Fsp3) is 1.00. The Labute approximate surface area is 116 Å². The summed E-state index contributed by atoms with van der Waals surface area (Å²) < 4.78 is 11.2. The zero-order chi connectivity index (χ0) is 14.1. The molecule has 112 valence electrons. The third-order valence-corrected chi connectivity index (χ3v) is 4.68. The van der Waals surface area contributed by atoms with Gasteiger partial charge >= 0.3 is 0 Å². The van der Waals surface area contributed by atoms with Crippen molar-refractivity contribution in [3.05, 3.63) is 0 Å². The molecule has 4 heteroatoms. The first-order chi connectivity index (χ1) is 8.89. The first-order valence-corrected chi connectivity index (χ1v) is 7.43. The van der Waals surface area contributed by atoms with Crippen LogP contribution in [0.5, 0.6) is 0 Å². The quantitative estimate of drug-likeness (QED) is 0.735. The van der Waals surface area contributed by atoms with Crippen molar-refractivity contribution in [3.8, 4) is 0 Å². The van der Waals surface area contributed by atoms with Crippen molar-refractivity contribution in [2.24, 2.45) is 16.7 Å². The molecule has 0 radical (unpaired) electrons. The van der Waals surface area contributed by atoms with E-state index in [-0.39, 0.29) is 17.4 Å². The van der Waals surface area contributed by atoms with Crippen LogP contribution in [0.1, 0.15) is 34.1 Å². The molecule has 0 amide bonds. The van der Waals surface area contributed by atoms with Crippen LogP contribution in [0.25, 0.3) is 0 Å². The minimum Gasteiger partial charge on any atom is -0.396 e. The molecule has 2 atom stereocenters. The second-order valence-electron chi connectivity index (χ2n) is 7.36. The summed E-state index contributed by atoms with van der Waals surface area (Å²) >= 11 is 0. The number of rotatable bonds is 7. The Morgan fingerprint density at radius 2 is 2.05 bits per heavy atom. The summed E-state index contributed by atoms with van der Waals surface area (Å²) in [4.78, 5) is 0. The molecule has 2 N–H and O–H groups in total. The van der Waals surface area contributed by atoms with Gasteiger partial charge in [0.05, 0.1) is 31.3 Å². The fourth-order valence-corrected chi connectivity index (χ4v) is 2.80. The maximum absolute atomic E-state index is 9.42. The van der Waals surface area contributed by atoms with Crippen LogP contribution in [0.4, 0.5) is 0 Å². The Bertz CT molecular complexity index is 294. The highest BCUT2D eigenvalue weighted by Crippen LogP contribution is 2.43. The Hall–Kier alpha value is -0.160. The monoisotopic (exact) mass is 271 g/mol. The molecule has 1 heterocycles. The van der Waals surface area contributed by atoms with Crippen molar-refractivity contribution in [3.63, 3.8) is 0 Å². The summed E-state index contributed by atoms with van der Waals surface area (Å²) in [6, 6.07) is 0.480. The molecule has 1 aliphatic heterocycles. The van der Waals surface area contributed by atoms with Crippen LogP contribution in [0, 0.1) is 16.7 Å². The molecule has 1 aliphatic carbocycles. The highest BCUT2D eigenvalue weighted by atomic mass is 16.5. The van der Waals surface area contributed by atoms with E-state index in [4.69, 9.17) is 9.47 Å². The second-order valence-corrected chi connectivity index (χ2v) is 7.36. The molecule has 4 nitrogen and oxygen atoms in total. The highest BCUT2D eigenvalue weighted by Gasteiger charge is 2.50. The summed E-state index contributed by atoms with van der Waals surface area (Å²) in [6.07, 6.45) is 1.43. The average molecular weight is 271 g/mol. The zero-order valence-corrected chi connectivity index (χ0v) is 12.7. The molecule has 19 heavy (non-hydrogen) atoms. The van der Waals surface area contributed by atoms with Gasteiger partial charge in [0.25, 0.3) is 0 Å². The van der Waals surface area contributed by atoms with Gasteiger partial charge in [-0.2, -0.15) is 0 Å². The number of hydrogen-bond acceptors (Lipinski definition) is 4. The van der Waals surface area contributed by atoms with Gasteiger partial charge in [0.15, 0.2) is 0 Å². The van der Waals surface area contributed by atoms with Crippen LogP contribution < -0.4 is 5.32 Å². The van der Waals surface area contributed by atoms with E-state index in [0.29, 0.717) is 31.3 Å². The Morgan fingerprint density at radius 1 is 1.37 bits per heavy atom. The van der Waals surface area contributed by atoms with Crippen molar-refractivity contribution < 1.29 is 14.6 Å². The molecule has 2 fully saturated rings. The standard InChI is InChI=1S/C15H29NO3/c1-11(2)6-19-13-5-12(14(13,3)4)16-7-15(8-17)9-18-10-15/h11-13,16-17H,5-10H2,1-4H3. The summed E-state index contributed by atoms with van der Waals surface area (Å²) in [5, 5.41) is 13.0. The molecular weight excluding hydrogens is 242 g/mol. The Kier molecular flexibility index (Phi) is 4.56. The Balaban J connectivity index is 1.74. The maximum Gasteiger partial charge on any atom is 0.0656 e. The number of nitrogens with one attached hydrogen (secondary N) is 1. The smallest absolute Gasteiger partial charge is 0.0656 e. The van der Waals surface area contributed by atoms with E-state index in [0.717, 1.165) is 19.6 Å². The van der Waals surface area contributed by atoms with Crippen molar-refractivity contribution in [2.75, 3.05) is 33.0 Å².